The summed E-state index contributed by atoms with van der Waals surface area (Å²) in [5.74, 6) is 0.457. The quantitative estimate of drug-likeness (QED) is 0.0579. The number of aromatic hydroxyl groups is 1. The number of ether oxygens (including phenoxy) is 3. The highest BCUT2D eigenvalue weighted by Gasteiger charge is 2.23. The maximum absolute atomic E-state index is 13.1. The Morgan fingerprint density at radius 2 is 1.73 bits per heavy atom. The molecule has 1 aliphatic rings. The molecule has 13 nitrogen and oxygen atoms in total. The molecule has 1 heterocycles. The van der Waals surface area contributed by atoms with Crippen LogP contribution in [-0.4, -0.2) is 78.1 Å². The number of H-pyrrole nitrogens is 1. The zero-order valence-electron chi connectivity index (χ0n) is 33.4. The molecule has 5 aromatic rings. The Bertz CT molecular complexity index is 2270. The van der Waals surface area contributed by atoms with Gasteiger partial charge in [0.1, 0.15) is 23.4 Å². The van der Waals surface area contributed by atoms with Gasteiger partial charge in [0.2, 0.25) is 5.56 Å². The van der Waals surface area contributed by atoms with Gasteiger partial charge >= 0.3 is 6.09 Å². The normalized spacial score (nSPS) is 15.2. The molecule has 0 bridgehead atoms. The van der Waals surface area contributed by atoms with Crippen molar-refractivity contribution in [3.8, 4) is 28.4 Å². The van der Waals surface area contributed by atoms with E-state index < -0.39 is 12.2 Å². The number of aliphatic hydroxyl groups excluding tert-OH is 1. The van der Waals surface area contributed by atoms with Crippen molar-refractivity contribution < 1.29 is 34.0 Å². The number of anilines is 1. The van der Waals surface area contributed by atoms with Crippen LogP contribution in [0.15, 0.2) is 89.7 Å². The van der Waals surface area contributed by atoms with Gasteiger partial charge in [0.05, 0.1) is 29.4 Å². The molecule has 0 unspecified atom stereocenters. The molecule has 16 heteroatoms. The Hall–Kier alpha value is -5.02. The van der Waals surface area contributed by atoms with Gasteiger partial charge in [-0.1, -0.05) is 60.1 Å². The summed E-state index contributed by atoms with van der Waals surface area (Å²) in [7, 11) is 3.23. The lowest BCUT2D eigenvalue weighted by atomic mass is 9.94. The number of nitrogens with two attached hydrogens (primary N) is 1. The number of amides is 2. The van der Waals surface area contributed by atoms with Crippen molar-refractivity contribution >= 4 is 65.0 Å². The minimum absolute atomic E-state index is 0. The van der Waals surface area contributed by atoms with E-state index in [1.54, 1.807) is 36.2 Å². The first-order chi connectivity index (χ1) is 28.0. The zero-order valence-corrected chi connectivity index (χ0v) is 35.8. The lowest BCUT2D eigenvalue weighted by Gasteiger charge is -2.26. The zero-order chi connectivity index (χ0) is 41.2. The van der Waals surface area contributed by atoms with Crippen LogP contribution in [0.3, 0.4) is 0 Å². The van der Waals surface area contributed by atoms with Gasteiger partial charge in [0.25, 0.3) is 5.91 Å². The van der Waals surface area contributed by atoms with Crippen LogP contribution in [0.25, 0.3) is 22.0 Å². The molecule has 60 heavy (non-hydrogen) atoms. The fourth-order valence-corrected chi connectivity index (χ4v) is 7.37. The maximum atomic E-state index is 13.1. The van der Waals surface area contributed by atoms with Crippen molar-refractivity contribution in [2.24, 2.45) is 5.73 Å². The second-order valence-electron chi connectivity index (χ2n) is 14.5. The number of carbonyl (C=O) groups is 2. The first-order valence-electron chi connectivity index (χ1n) is 19.4. The average Bonchev–Trinajstić information content (AvgIpc) is 3.22. The molecule has 1 atom stereocenters. The third-order valence-electron chi connectivity index (χ3n) is 10.4. The fraction of sp³-hybridized carbons (Fsp3) is 0.341. The summed E-state index contributed by atoms with van der Waals surface area (Å²) in [6, 6.07) is 25.2. The molecule has 0 saturated heterocycles. The fourth-order valence-electron chi connectivity index (χ4n) is 7.13. The first kappa shape index (κ1) is 47.7. The summed E-state index contributed by atoms with van der Waals surface area (Å²) in [6.45, 7) is 0.690. The average molecular weight is 885 g/mol. The molecular formula is C44H52Cl3N5O8. The number of aromatic nitrogens is 1. The van der Waals surface area contributed by atoms with E-state index in [2.05, 4.69) is 15.6 Å². The summed E-state index contributed by atoms with van der Waals surface area (Å²) in [4.78, 5) is 42.0. The number of phenols is 1. The standard InChI is InChI=1S/C44H50ClN5O8.2ClH/c1-50(20-6-7-27-10-15-32(28-8-4-3-5-9-28)36(21-27)48-44(55)58-31-13-11-30(46)12-14-31)42(54)26-57-40-23-39(56-2)29(22-35(40)45)24-47-25-38(52)33-16-18-37(51)43-34(33)17-19-41(53)49-43;;/h3-5,8-10,15-19,21-23,30-31,38,47,51-52H,6-7,11-14,20,24-26,46H2,1-2H3,(H,48,55)(H,49,53);2*1H/t30?,31?,38-;;/m0../s1. The Labute approximate surface area is 366 Å². The van der Waals surface area contributed by atoms with E-state index in [1.807, 2.05) is 48.5 Å². The molecule has 1 fully saturated rings. The predicted octanol–water partition coefficient (Wildman–Crippen LogP) is 7.52. The van der Waals surface area contributed by atoms with E-state index in [4.69, 9.17) is 31.5 Å². The minimum Gasteiger partial charge on any atom is -0.506 e. The number of aromatic amines is 1. The number of fused-ring (bicyclic) bond motifs is 1. The molecule has 1 aromatic heterocycles. The van der Waals surface area contributed by atoms with Gasteiger partial charge in [-0.25, -0.2) is 4.79 Å². The molecule has 0 radical (unpaired) electrons. The largest absolute Gasteiger partial charge is 0.506 e. The Kier molecular flexibility index (Phi) is 17.9. The highest BCUT2D eigenvalue weighted by Crippen LogP contribution is 2.34. The van der Waals surface area contributed by atoms with Crippen LogP contribution in [-0.2, 0) is 22.5 Å². The van der Waals surface area contributed by atoms with Crippen LogP contribution in [0.4, 0.5) is 10.5 Å². The van der Waals surface area contributed by atoms with Gasteiger partial charge in [0.15, 0.2) is 6.61 Å². The molecule has 4 aromatic carbocycles. The molecule has 1 saturated carbocycles. The van der Waals surface area contributed by atoms with Crippen molar-refractivity contribution in [3.63, 3.8) is 0 Å². The second-order valence-corrected chi connectivity index (χ2v) is 15.0. The molecule has 2 amide bonds. The van der Waals surface area contributed by atoms with Crippen molar-refractivity contribution in [1.29, 1.82) is 0 Å². The van der Waals surface area contributed by atoms with E-state index in [1.165, 1.54) is 19.2 Å². The summed E-state index contributed by atoms with van der Waals surface area (Å²) in [6.07, 6.45) is 2.94. The lowest BCUT2D eigenvalue weighted by molar-refractivity contribution is -0.132. The molecule has 1 aliphatic carbocycles. The van der Waals surface area contributed by atoms with Gasteiger partial charge in [-0.15, -0.1) is 24.8 Å². The molecule has 6 rings (SSSR count). The van der Waals surface area contributed by atoms with Crippen molar-refractivity contribution in [3.05, 3.63) is 117 Å². The number of nitrogens with one attached hydrogen (secondary N) is 3. The maximum Gasteiger partial charge on any atom is 0.411 e. The number of pyridine rings is 1. The first-order valence-corrected chi connectivity index (χ1v) is 19.7. The van der Waals surface area contributed by atoms with Crippen LogP contribution in [0.1, 0.15) is 54.9 Å². The number of aryl methyl sites for hydroxylation is 1. The number of likely N-dealkylation sites (N-methyl/N-ethyl adjacent to an activating group) is 1. The minimum atomic E-state index is -0.946. The summed E-state index contributed by atoms with van der Waals surface area (Å²) < 4.78 is 17.2. The number of aliphatic hydroxyl groups is 1. The number of hydrogen-bond donors (Lipinski definition) is 6. The van der Waals surface area contributed by atoms with Gasteiger partial charge in [0, 0.05) is 61.4 Å². The van der Waals surface area contributed by atoms with Gasteiger partial charge in [-0.05, 0) is 79.5 Å². The van der Waals surface area contributed by atoms with Crippen molar-refractivity contribution in [2.75, 3.05) is 39.2 Å². The summed E-state index contributed by atoms with van der Waals surface area (Å²) in [5.41, 5.74) is 10.7. The lowest BCUT2D eigenvalue weighted by Crippen LogP contribution is -2.32. The smallest absolute Gasteiger partial charge is 0.411 e. The number of methoxy groups -OCH3 is 1. The number of phenolic OH excluding ortho intramolecular Hbond substituents is 1. The third kappa shape index (κ3) is 12.5. The van der Waals surface area contributed by atoms with E-state index in [9.17, 15) is 24.6 Å². The second kappa shape index (κ2) is 22.5. The van der Waals surface area contributed by atoms with E-state index in [0.29, 0.717) is 53.9 Å². The van der Waals surface area contributed by atoms with Crippen LogP contribution in [0.2, 0.25) is 5.02 Å². The Morgan fingerprint density at radius 3 is 2.47 bits per heavy atom. The van der Waals surface area contributed by atoms with Crippen LogP contribution in [0.5, 0.6) is 17.2 Å². The molecule has 7 N–H and O–H groups in total. The van der Waals surface area contributed by atoms with Crippen LogP contribution < -0.4 is 31.4 Å². The van der Waals surface area contributed by atoms with Gasteiger partial charge < -0.3 is 45.4 Å². The van der Waals surface area contributed by atoms with Gasteiger partial charge in [-0.2, -0.15) is 0 Å². The molecule has 0 spiro atoms. The number of hydrogen-bond acceptors (Lipinski definition) is 10. The highest BCUT2D eigenvalue weighted by atomic mass is 35.5. The van der Waals surface area contributed by atoms with Crippen LogP contribution >= 0.6 is 36.4 Å². The van der Waals surface area contributed by atoms with E-state index in [0.717, 1.165) is 42.4 Å². The SMILES string of the molecule is COc1cc(OCC(=O)N(C)CCCc2ccc(-c3ccccc3)c(NC(=O)OC3CCC(N)CC3)c2)c(Cl)cc1CNC[C@H](O)c1ccc(O)c2[nH]c(=O)ccc12.Cl.Cl. The third-order valence-corrected chi connectivity index (χ3v) is 10.7. The number of carbonyl (C=O) groups excluding carboxylic acids is 2. The van der Waals surface area contributed by atoms with Gasteiger partial charge in [-0.3, -0.25) is 14.9 Å². The summed E-state index contributed by atoms with van der Waals surface area (Å²) in [5, 5.41) is 28.1. The van der Waals surface area contributed by atoms with Crippen molar-refractivity contribution in [1.82, 2.24) is 15.2 Å². The topological polar surface area (TPSA) is 188 Å². The molecule has 0 aliphatic heterocycles. The van der Waals surface area contributed by atoms with E-state index in [-0.39, 0.29) is 83.6 Å². The number of benzene rings is 4. The number of rotatable bonds is 16. The molecule has 322 valence electrons. The highest BCUT2D eigenvalue weighted by molar-refractivity contribution is 6.32. The Balaban J connectivity index is 0.00000397. The predicted molar refractivity (Wildman–Crippen MR) is 239 cm³/mol. The van der Waals surface area contributed by atoms with Crippen molar-refractivity contribution in [2.45, 2.75) is 63.3 Å². The summed E-state index contributed by atoms with van der Waals surface area (Å²) >= 11 is 6.58. The van der Waals surface area contributed by atoms with Crippen LogP contribution in [0, 0.1) is 0 Å². The monoisotopic (exact) mass is 883 g/mol. The number of nitrogens with zero attached hydrogens (tertiary/aromatic N) is 1. The van der Waals surface area contributed by atoms with E-state index >= 15 is 0 Å². The Morgan fingerprint density at radius 1 is 0.983 bits per heavy atom. The molecular weight excluding hydrogens is 833 g/mol. The number of halogens is 3.